The van der Waals surface area contributed by atoms with Gasteiger partial charge in [0.25, 0.3) is 0 Å². The number of nitrogens with one attached hydrogen (secondary N) is 1. The molecule has 0 bridgehead atoms. The summed E-state index contributed by atoms with van der Waals surface area (Å²) in [6.45, 7) is 2.28. The third kappa shape index (κ3) is 7.09. The number of hydrogen-bond donors (Lipinski definition) is 1. The lowest BCUT2D eigenvalue weighted by Gasteiger charge is -2.21. The predicted molar refractivity (Wildman–Crippen MR) is 98.9 cm³/mol. The Bertz CT molecular complexity index is 534. The number of halogens is 4. The van der Waals surface area contributed by atoms with Crippen molar-refractivity contribution < 1.29 is 17.9 Å². The van der Waals surface area contributed by atoms with E-state index in [9.17, 15) is 13.2 Å². The topological polar surface area (TPSA) is 49.8 Å². The van der Waals surface area contributed by atoms with Gasteiger partial charge in [0.1, 0.15) is 5.01 Å². The Balaban J connectivity index is 0.00000288. The van der Waals surface area contributed by atoms with E-state index in [1.165, 1.54) is 12.8 Å². The molecule has 1 heterocycles. The van der Waals surface area contributed by atoms with E-state index in [0.29, 0.717) is 24.1 Å². The smallest absolute Gasteiger partial charge is 0.379 e. The van der Waals surface area contributed by atoms with Crippen LogP contribution in [0.15, 0.2) is 10.4 Å². The highest BCUT2D eigenvalue weighted by atomic mass is 127. The third-order valence-corrected chi connectivity index (χ3v) is 4.28. The van der Waals surface area contributed by atoms with Gasteiger partial charge in [-0.05, 0) is 18.8 Å². The van der Waals surface area contributed by atoms with Crippen LogP contribution in [-0.2, 0) is 17.5 Å². The normalized spacial score (nSPS) is 15.1. The van der Waals surface area contributed by atoms with Crippen LogP contribution < -0.4 is 5.32 Å². The maximum Gasteiger partial charge on any atom is 0.434 e. The minimum Gasteiger partial charge on any atom is -0.379 e. The Morgan fingerprint density at radius 3 is 2.75 bits per heavy atom. The average molecular weight is 478 g/mol. The first-order valence-corrected chi connectivity index (χ1v) is 8.29. The van der Waals surface area contributed by atoms with Crippen molar-refractivity contribution in [2.24, 2.45) is 10.9 Å². The summed E-state index contributed by atoms with van der Waals surface area (Å²) in [5.74, 6) is 1.33. The number of guanidine groups is 1. The molecular formula is C14H22F3IN4OS. The first-order valence-electron chi connectivity index (χ1n) is 7.41. The standard InChI is InChI=1S/C14H21F3N4OS.HI/c1-18-13(21(2)5-6-22-8-10-3-4-10)19-7-12-20-11(9-23-12)14(15,16)17;/h9-10H,3-8H2,1-2H3,(H,18,19);1H. The SMILES string of the molecule is CN=C(NCc1nc(C(F)(F)F)cs1)N(C)CCOCC1CC1.I. The van der Waals surface area contributed by atoms with Gasteiger partial charge in [0.05, 0.1) is 13.2 Å². The van der Waals surface area contributed by atoms with Gasteiger partial charge in [0.15, 0.2) is 11.7 Å². The van der Waals surface area contributed by atoms with Crippen LogP contribution in [0.5, 0.6) is 0 Å². The number of aliphatic imine (C=N–C) groups is 1. The number of likely N-dealkylation sites (N-methyl/N-ethyl adjacent to an activating group) is 1. The lowest BCUT2D eigenvalue weighted by atomic mass is 10.5. The zero-order chi connectivity index (χ0) is 16.9. The number of thiazole rings is 1. The molecule has 5 nitrogen and oxygen atoms in total. The highest BCUT2D eigenvalue weighted by molar-refractivity contribution is 14.0. The molecule has 1 N–H and O–H groups in total. The number of nitrogens with zero attached hydrogens (tertiary/aromatic N) is 3. The fourth-order valence-electron chi connectivity index (χ4n) is 1.90. The molecule has 1 aromatic rings. The highest BCUT2D eigenvalue weighted by Crippen LogP contribution is 2.30. The van der Waals surface area contributed by atoms with Crippen LogP contribution in [0.2, 0.25) is 0 Å². The minimum absolute atomic E-state index is 0. The molecule has 24 heavy (non-hydrogen) atoms. The molecule has 0 spiro atoms. The minimum atomic E-state index is -4.40. The van der Waals surface area contributed by atoms with Gasteiger partial charge in [0.2, 0.25) is 0 Å². The molecule has 138 valence electrons. The summed E-state index contributed by atoms with van der Waals surface area (Å²) < 4.78 is 43.1. The molecule has 1 saturated carbocycles. The molecule has 2 rings (SSSR count). The summed E-state index contributed by atoms with van der Waals surface area (Å²) in [6.07, 6.45) is -1.88. The van der Waals surface area contributed by atoms with Crippen molar-refractivity contribution in [2.45, 2.75) is 25.6 Å². The third-order valence-electron chi connectivity index (χ3n) is 3.43. The van der Waals surface area contributed by atoms with Crippen LogP contribution >= 0.6 is 35.3 Å². The van der Waals surface area contributed by atoms with E-state index in [4.69, 9.17) is 4.74 Å². The monoisotopic (exact) mass is 478 g/mol. The van der Waals surface area contributed by atoms with Gasteiger partial charge in [-0.25, -0.2) is 4.98 Å². The Labute approximate surface area is 160 Å². The average Bonchev–Trinajstić information content (AvgIpc) is 3.18. The Morgan fingerprint density at radius 2 is 2.21 bits per heavy atom. The summed E-state index contributed by atoms with van der Waals surface area (Å²) in [5, 5.41) is 4.41. The summed E-state index contributed by atoms with van der Waals surface area (Å²) in [5.41, 5.74) is -0.851. The van der Waals surface area contributed by atoms with E-state index in [1.807, 2.05) is 11.9 Å². The maximum absolute atomic E-state index is 12.5. The quantitative estimate of drug-likeness (QED) is 0.283. The molecule has 0 amide bonds. The van der Waals surface area contributed by atoms with Crippen LogP contribution in [0, 0.1) is 5.92 Å². The van der Waals surface area contributed by atoms with Gasteiger partial charge in [-0.15, -0.1) is 35.3 Å². The number of aromatic nitrogens is 1. The highest BCUT2D eigenvalue weighted by Gasteiger charge is 2.33. The van der Waals surface area contributed by atoms with Crippen LogP contribution in [-0.4, -0.2) is 49.7 Å². The van der Waals surface area contributed by atoms with Crippen molar-refractivity contribution in [3.63, 3.8) is 0 Å². The molecule has 1 aromatic heterocycles. The number of alkyl halides is 3. The molecule has 0 aliphatic heterocycles. The molecule has 0 unspecified atom stereocenters. The van der Waals surface area contributed by atoms with E-state index >= 15 is 0 Å². The van der Waals surface area contributed by atoms with E-state index < -0.39 is 11.9 Å². The van der Waals surface area contributed by atoms with E-state index in [2.05, 4.69) is 15.3 Å². The van der Waals surface area contributed by atoms with Gasteiger partial charge in [-0.1, -0.05) is 0 Å². The van der Waals surface area contributed by atoms with Crippen molar-refractivity contribution in [3.05, 3.63) is 16.1 Å². The Morgan fingerprint density at radius 1 is 1.50 bits per heavy atom. The van der Waals surface area contributed by atoms with Crippen molar-refractivity contribution >= 4 is 41.3 Å². The van der Waals surface area contributed by atoms with Crippen LogP contribution in [0.25, 0.3) is 0 Å². The van der Waals surface area contributed by atoms with E-state index in [0.717, 1.165) is 29.2 Å². The van der Waals surface area contributed by atoms with Crippen molar-refractivity contribution in [2.75, 3.05) is 33.9 Å². The first-order chi connectivity index (χ1) is 10.9. The summed E-state index contributed by atoms with van der Waals surface area (Å²) in [7, 11) is 3.49. The number of hydrogen-bond acceptors (Lipinski definition) is 4. The molecule has 0 radical (unpaired) electrons. The van der Waals surface area contributed by atoms with Gasteiger partial charge >= 0.3 is 6.18 Å². The molecular weight excluding hydrogens is 456 g/mol. The largest absolute Gasteiger partial charge is 0.434 e. The fraction of sp³-hybridized carbons (Fsp3) is 0.714. The number of ether oxygens (including phenoxy) is 1. The van der Waals surface area contributed by atoms with Gasteiger partial charge < -0.3 is 15.0 Å². The van der Waals surface area contributed by atoms with Crippen LogP contribution in [0.4, 0.5) is 13.2 Å². The summed E-state index contributed by atoms with van der Waals surface area (Å²) >= 11 is 0.980. The van der Waals surface area contributed by atoms with Crippen molar-refractivity contribution in [1.29, 1.82) is 0 Å². The van der Waals surface area contributed by atoms with Crippen LogP contribution in [0.3, 0.4) is 0 Å². The van der Waals surface area contributed by atoms with E-state index in [-0.39, 0.29) is 30.5 Å². The lowest BCUT2D eigenvalue weighted by Crippen LogP contribution is -2.40. The maximum atomic E-state index is 12.5. The lowest BCUT2D eigenvalue weighted by molar-refractivity contribution is -0.140. The zero-order valence-electron chi connectivity index (χ0n) is 13.6. The zero-order valence-corrected chi connectivity index (χ0v) is 16.7. The van der Waals surface area contributed by atoms with Crippen LogP contribution in [0.1, 0.15) is 23.5 Å². The van der Waals surface area contributed by atoms with E-state index in [1.54, 1.807) is 7.05 Å². The molecule has 1 fully saturated rings. The second-order valence-electron chi connectivity index (χ2n) is 5.46. The molecule has 0 aromatic carbocycles. The second-order valence-corrected chi connectivity index (χ2v) is 6.41. The molecule has 0 saturated heterocycles. The molecule has 1 aliphatic rings. The van der Waals surface area contributed by atoms with Gasteiger partial charge in [0, 0.05) is 32.6 Å². The van der Waals surface area contributed by atoms with Gasteiger partial charge in [-0.2, -0.15) is 13.2 Å². The number of rotatable bonds is 7. The van der Waals surface area contributed by atoms with Gasteiger partial charge in [-0.3, -0.25) is 4.99 Å². The Hall–Kier alpha value is -0.620. The summed E-state index contributed by atoms with van der Waals surface area (Å²) in [4.78, 5) is 9.58. The first kappa shape index (κ1) is 21.4. The second kappa shape index (κ2) is 9.76. The summed E-state index contributed by atoms with van der Waals surface area (Å²) in [6, 6.07) is 0. The fourth-order valence-corrected chi connectivity index (χ4v) is 2.64. The molecule has 0 atom stereocenters. The van der Waals surface area contributed by atoms with Crippen molar-refractivity contribution in [1.82, 2.24) is 15.2 Å². The molecule has 10 heteroatoms. The molecule has 1 aliphatic carbocycles. The Kier molecular flexibility index (Phi) is 8.71. The predicted octanol–water partition coefficient (Wildman–Crippen LogP) is 3.21. The van der Waals surface area contributed by atoms with Crippen molar-refractivity contribution in [3.8, 4) is 0 Å².